The first-order valence-corrected chi connectivity index (χ1v) is 3.56. The van der Waals surface area contributed by atoms with Gasteiger partial charge in [0.2, 0.25) is 0 Å². The van der Waals surface area contributed by atoms with E-state index in [9.17, 15) is 0 Å². The molecule has 0 aromatic carbocycles. The first-order chi connectivity index (χ1) is 5.57. The minimum absolute atomic E-state index is 0. The molecule has 6 nitrogen and oxygen atoms in total. The maximum absolute atomic E-state index is 9.12. The molecule has 1 aliphatic rings. The molecule has 0 bridgehead atoms. The Kier molecular flexibility index (Phi) is 5.34. The van der Waals surface area contributed by atoms with Crippen LogP contribution in [0.5, 0.6) is 0 Å². The fraction of sp³-hybridized carbons (Fsp3) is 1.00. The molecular weight excluding hydrogens is 232 g/mol. The van der Waals surface area contributed by atoms with Crippen LogP contribution >= 0.6 is 0 Å². The van der Waals surface area contributed by atoms with Crippen LogP contribution in [-0.2, 0) is 21.8 Å². The van der Waals surface area contributed by atoms with Gasteiger partial charge in [-0.05, 0) is 0 Å². The van der Waals surface area contributed by atoms with E-state index in [-0.39, 0.29) is 17.1 Å². The fourth-order valence-electron chi connectivity index (χ4n) is 1.08. The maximum atomic E-state index is 9.12. The molecule has 1 heterocycles. The normalized spacial score (nSPS) is 45.5. The van der Waals surface area contributed by atoms with Gasteiger partial charge in [-0.1, -0.05) is 0 Å². The average Bonchev–Trinajstić information content (AvgIpc) is 2.08. The summed E-state index contributed by atoms with van der Waals surface area (Å²) in [5.41, 5.74) is 0. The van der Waals surface area contributed by atoms with Crippen molar-refractivity contribution in [3.05, 3.63) is 0 Å². The van der Waals surface area contributed by atoms with Crippen molar-refractivity contribution in [3.8, 4) is 0 Å². The van der Waals surface area contributed by atoms with Gasteiger partial charge in [0.15, 0.2) is 6.29 Å². The molecule has 0 radical (unpaired) electrons. The van der Waals surface area contributed by atoms with Crippen LogP contribution in [0.15, 0.2) is 0 Å². The predicted octanol–water partition coefficient (Wildman–Crippen LogP) is -3.22. The van der Waals surface area contributed by atoms with Crippen LogP contribution in [-0.4, -0.2) is 62.8 Å². The smallest absolute Gasteiger partial charge is 0.394 e. The zero-order chi connectivity index (χ0) is 9.30. The molecule has 0 amide bonds. The summed E-state index contributed by atoms with van der Waals surface area (Å²) in [7, 11) is 0. The number of aliphatic hydroxyl groups excluding tert-OH is 5. The maximum Gasteiger partial charge on any atom is 1.00 e. The van der Waals surface area contributed by atoms with Crippen LogP contribution in [0.2, 0.25) is 0 Å². The first-order valence-electron chi connectivity index (χ1n) is 3.56. The SMILES string of the molecule is OC[C@H]1OC(O)[C@H](O)[C@@H](O)[C@@H]1O.[Cu+]. The molecule has 7 heteroatoms. The van der Waals surface area contributed by atoms with Gasteiger partial charge in [-0.2, -0.15) is 0 Å². The van der Waals surface area contributed by atoms with Gasteiger partial charge in [0.1, 0.15) is 24.4 Å². The molecule has 1 unspecified atom stereocenters. The van der Waals surface area contributed by atoms with E-state index in [1.165, 1.54) is 0 Å². The van der Waals surface area contributed by atoms with E-state index in [0.717, 1.165) is 0 Å². The molecule has 82 valence electrons. The third kappa shape index (κ3) is 2.61. The molecule has 1 saturated heterocycles. The second-order valence-corrected chi connectivity index (χ2v) is 2.72. The number of rotatable bonds is 1. The van der Waals surface area contributed by atoms with Gasteiger partial charge in [-0.3, -0.25) is 0 Å². The zero-order valence-corrected chi connectivity index (χ0v) is 7.48. The van der Waals surface area contributed by atoms with Gasteiger partial charge in [-0.25, -0.2) is 0 Å². The summed E-state index contributed by atoms with van der Waals surface area (Å²) < 4.78 is 4.58. The molecule has 13 heavy (non-hydrogen) atoms. The van der Waals surface area contributed by atoms with Crippen LogP contribution in [0.25, 0.3) is 0 Å². The van der Waals surface area contributed by atoms with Crippen molar-refractivity contribution in [2.75, 3.05) is 6.61 Å². The van der Waals surface area contributed by atoms with E-state index in [1.54, 1.807) is 0 Å². The van der Waals surface area contributed by atoms with Crippen LogP contribution in [0.4, 0.5) is 0 Å². The molecule has 1 aliphatic heterocycles. The van der Waals surface area contributed by atoms with Crippen molar-refractivity contribution in [2.45, 2.75) is 30.7 Å². The second-order valence-electron chi connectivity index (χ2n) is 2.72. The Balaban J connectivity index is 0.00000144. The number of ether oxygens (including phenoxy) is 1. The zero-order valence-electron chi connectivity index (χ0n) is 6.54. The van der Waals surface area contributed by atoms with Gasteiger partial charge in [0.25, 0.3) is 0 Å². The standard InChI is InChI=1S/C6H12O6.Cu/c7-1-2-3(8)4(9)5(10)6(11)12-2;/h2-11H,1H2;/q;+1/t2-,3-,4+,5-,6?;/m1./s1. The minimum atomic E-state index is -1.57. The van der Waals surface area contributed by atoms with Gasteiger partial charge in [-0.15, -0.1) is 0 Å². The van der Waals surface area contributed by atoms with E-state index < -0.39 is 37.3 Å². The van der Waals surface area contributed by atoms with Gasteiger partial charge < -0.3 is 30.3 Å². The summed E-state index contributed by atoms with van der Waals surface area (Å²) in [6.07, 6.45) is -7.04. The minimum Gasteiger partial charge on any atom is -0.394 e. The summed E-state index contributed by atoms with van der Waals surface area (Å²) in [5, 5.41) is 44.7. The van der Waals surface area contributed by atoms with E-state index in [1.807, 2.05) is 0 Å². The summed E-state index contributed by atoms with van der Waals surface area (Å²) in [6, 6.07) is 0. The van der Waals surface area contributed by atoms with E-state index in [4.69, 9.17) is 25.5 Å². The molecule has 0 spiro atoms. The molecule has 1 fully saturated rings. The third-order valence-electron chi connectivity index (χ3n) is 1.87. The summed E-state index contributed by atoms with van der Waals surface area (Å²) >= 11 is 0. The van der Waals surface area contributed by atoms with E-state index >= 15 is 0 Å². The van der Waals surface area contributed by atoms with E-state index in [2.05, 4.69) is 4.74 Å². The topological polar surface area (TPSA) is 110 Å². The van der Waals surface area contributed by atoms with Crippen molar-refractivity contribution in [1.29, 1.82) is 0 Å². The molecule has 0 aromatic rings. The third-order valence-corrected chi connectivity index (χ3v) is 1.87. The quantitative estimate of drug-likeness (QED) is 0.310. The van der Waals surface area contributed by atoms with Crippen LogP contribution in [0.1, 0.15) is 0 Å². The predicted molar refractivity (Wildman–Crippen MR) is 36.0 cm³/mol. The van der Waals surface area contributed by atoms with Crippen LogP contribution in [0, 0.1) is 0 Å². The van der Waals surface area contributed by atoms with Crippen molar-refractivity contribution >= 4 is 0 Å². The number of aliphatic hydroxyl groups is 5. The Hall–Kier alpha value is 0.279. The van der Waals surface area contributed by atoms with Gasteiger partial charge >= 0.3 is 17.1 Å². The van der Waals surface area contributed by atoms with Crippen molar-refractivity contribution < 1.29 is 47.3 Å². The summed E-state index contributed by atoms with van der Waals surface area (Å²) in [4.78, 5) is 0. The van der Waals surface area contributed by atoms with E-state index in [0.29, 0.717) is 0 Å². The van der Waals surface area contributed by atoms with Crippen molar-refractivity contribution in [1.82, 2.24) is 0 Å². The van der Waals surface area contributed by atoms with Gasteiger partial charge in [0, 0.05) is 0 Å². The molecule has 0 saturated carbocycles. The molecule has 5 N–H and O–H groups in total. The average molecular weight is 244 g/mol. The monoisotopic (exact) mass is 243 g/mol. The molecule has 0 aliphatic carbocycles. The summed E-state index contributed by atoms with van der Waals surface area (Å²) in [5.74, 6) is 0. The van der Waals surface area contributed by atoms with Crippen molar-refractivity contribution in [2.24, 2.45) is 0 Å². The Morgan fingerprint density at radius 3 is 1.92 bits per heavy atom. The van der Waals surface area contributed by atoms with Crippen LogP contribution < -0.4 is 0 Å². The second kappa shape index (κ2) is 5.23. The Bertz CT molecular complexity index is 151. The number of hydrogen-bond donors (Lipinski definition) is 5. The van der Waals surface area contributed by atoms with Crippen LogP contribution in [0.3, 0.4) is 0 Å². The molecular formula is C6H12CuO6+. The van der Waals surface area contributed by atoms with Crippen molar-refractivity contribution in [3.63, 3.8) is 0 Å². The molecule has 1 rings (SSSR count). The Morgan fingerprint density at radius 2 is 1.46 bits per heavy atom. The Morgan fingerprint density at radius 1 is 0.923 bits per heavy atom. The molecule has 5 atom stereocenters. The largest absolute Gasteiger partial charge is 1.00 e. The first kappa shape index (κ1) is 13.3. The summed E-state index contributed by atoms with van der Waals surface area (Å²) in [6.45, 7) is -0.526. The number of hydrogen-bond acceptors (Lipinski definition) is 6. The Labute approximate surface area is 85.2 Å². The molecule has 0 aromatic heterocycles. The fourth-order valence-corrected chi connectivity index (χ4v) is 1.08. The van der Waals surface area contributed by atoms with Gasteiger partial charge in [0.05, 0.1) is 6.61 Å².